The SMILES string of the molecule is CC(=O)OC1C(Oc2ccc([N+](=O)[O-])cc2CO[Si](C)(C)C(C)(C)C)OC(C)C(C)C1C. The topological polar surface area (TPSA) is 97.1 Å². The third-order valence-corrected chi connectivity index (χ3v) is 11.4. The van der Waals surface area contributed by atoms with E-state index in [1.165, 1.54) is 19.1 Å². The Morgan fingerprint density at radius 1 is 1.19 bits per heavy atom. The van der Waals surface area contributed by atoms with Gasteiger partial charge in [-0.1, -0.05) is 34.6 Å². The quantitative estimate of drug-likeness (QED) is 0.228. The molecule has 32 heavy (non-hydrogen) atoms. The van der Waals surface area contributed by atoms with E-state index in [0.717, 1.165) is 0 Å². The Morgan fingerprint density at radius 2 is 1.81 bits per heavy atom. The first kappa shape index (κ1) is 26.3. The summed E-state index contributed by atoms with van der Waals surface area (Å²) < 4.78 is 24.1. The molecule has 1 aliphatic heterocycles. The molecule has 0 N–H and O–H groups in total. The number of hydrogen-bond acceptors (Lipinski definition) is 7. The number of nitro groups is 1. The van der Waals surface area contributed by atoms with Crippen molar-refractivity contribution in [3.63, 3.8) is 0 Å². The van der Waals surface area contributed by atoms with Crippen LogP contribution in [0.25, 0.3) is 0 Å². The summed E-state index contributed by atoms with van der Waals surface area (Å²) >= 11 is 0. The summed E-state index contributed by atoms with van der Waals surface area (Å²) in [4.78, 5) is 22.6. The average molecular weight is 468 g/mol. The minimum Gasteiger partial charge on any atom is -0.460 e. The number of rotatable bonds is 7. The van der Waals surface area contributed by atoms with E-state index in [4.69, 9.17) is 18.6 Å². The van der Waals surface area contributed by atoms with Gasteiger partial charge in [0.25, 0.3) is 5.69 Å². The predicted octanol–water partition coefficient (Wildman–Crippen LogP) is 5.44. The monoisotopic (exact) mass is 467 g/mol. The molecule has 0 saturated carbocycles. The van der Waals surface area contributed by atoms with Crippen molar-refractivity contribution >= 4 is 20.0 Å². The average Bonchev–Trinajstić information content (AvgIpc) is 2.67. The molecule has 0 aromatic heterocycles. The molecule has 2 rings (SSSR count). The molecule has 1 aromatic carbocycles. The maximum atomic E-state index is 11.7. The van der Waals surface area contributed by atoms with Gasteiger partial charge in [0.2, 0.25) is 6.29 Å². The smallest absolute Gasteiger partial charge is 0.303 e. The van der Waals surface area contributed by atoms with Crippen LogP contribution in [0.4, 0.5) is 5.69 Å². The van der Waals surface area contributed by atoms with Crippen LogP contribution < -0.4 is 4.74 Å². The number of nitrogens with zero attached hydrogens (tertiary/aromatic N) is 1. The molecular weight excluding hydrogens is 430 g/mol. The van der Waals surface area contributed by atoms with Gasteiger partial charge >= 0.3 is 5.97 Å². The standard InChI is InChI=1S/C23H37NO7Si/c1-14-15(2)21(30-17(4)25)22(29-16(14)3)31-20-11-10-19(24(26)27)12-18(20)13-28-32(8,9)23(5,6)7/h10-12,14-16,21-22H,13H2,1-9H3. The molecule has 5 unspecified atom stereocenters. The molecule has 1 fully saturated rings. The van der Waals surface area contributed by atoms with Gasteiger partial charge in [-0.3, -0.25) is 14.9 Å². The third-order valence-electron chi connectivity index (χ3n) is 6.90. The van der Waals surface area contributed by atoms with Gasteiger partial charge in [-0.15, -0.1) is 0 Å². The number of nitro benzene ring substituents is 1. The van der Waals surface area contributed by atoms with E-state index in [1.54, 1.807) is 6.07 Å². The number of ether oxygens (including phenoxy) is 3. The summed E-state index contributed by atoms with van der Waals surface area (Å²) in [5, 5.41) is 11.3. The van der Waals surface area contributed by atoms with Gasteiger partial charge in [0.1, 0.15) is 5.75 Å². The first-order valence-corrected chi connectivity index (χ1v) is 14.0. The molecule has 0 aliphatic carbocycles. The van der Waals surface area contributed by atoms with Gasteiger partial charge in [0, 0.05) is 30.5 Å². The largest absolute Gasteiger partial charge is 0.460 e. The second-order valence-electron chi connectivity index (χ2n) is 10.2. The summed E-state index contributed by atoms with van der Waals surface area (Å²) in [5.41, 5.74) is 0.524. The molecule has 1 saturated heterocycles. The number of hydrogen-bond donors (Lipinski definition) is 0. The number of carbonyl (C=O) groups excluding carboxylic acids is 1. The lowest BCUT2D eigenvalue weighted by molar-refractivity contribution is -0.385. The Kier molecular flexibility index (Phi) is 8.12. The van der Waals surface area contributed by atoms with Gasteiger partial charge < -0.3 is 18.6 Å². The Hall–Kier alpha value is -1.97. The molecule has 0 bridgehead atoms. The summed E-state index contributed by atoms with van der Waals surface area (Å²) in [7, 11) is -2.10. The van der Waals surface area contributed by atoms with Crippen LogP contribution in [0, 0.1) is 22.0 Å². The lowest BCUT2D eigenvalue weighted by Gasteiger charge is -2.42. The fourth-order valence-electron chi connectivity index (χ4n) is 3.34. The van der Waals surface area contributed by atoms with Crippen molar-refractivity contribution in [1.29, 1.82) is 0 Å². The molecule has 5 atom stereocenters. The zero-order valence-electron chi connectivity index (χ0n) is 20.6. The Labute approximate surface area is 191 Å². The number of carbonyl (C=O) groups is 1. The zero-order chi connectivity index (χ0) is 24.4. The second-order valence-corrected chi connectivity index (χ2v) is 15.0. The van der Waals surface area contributed by atoms with Crippen molar-refractivity contribution in [2.75, 3.05) is 0 Å². The lowest BCUT2D eigenvalue weighted by Crippen LogP contribution is -2.52. The normalized spacial score (nSPS) is 26.5. The highest BCUT2D eigenvalue weighted by Crippen LogP contribution is 2.39. The van der Waals surface area contributed by atoms with Crippen molar-refractivity contribution in [3.05, 3.63) is 33.9 Å². The highest BCUT2D eigenvalue weighted by molar-refractivity contribution is 6.74. The van der Waals surface area contributed by atoms with Crippen LogP contribution in [0.1, 0.15) is 54.0 Å². The Balaban J connectivity index is 2.36. The van der Waals surface area contributed by atoms with E-state index in [-0.39, 0.29) is 35.3 Å². The molecule has 9 heteroatoms. The summed E-state index contributed by atoms with van der Waals surface area (Å²) in [6, 6.07) is 4.43. The fourth-order valence-corrected chi connectivity index (χ4v) is 4.29. The number of non-ortho nitro benzene ring substituents is 1. The minimum atomic E-state index is -2.10. The van der Waals surface area contributed by atoms with Crippen LogP contribution in [0.3, 0.4) is 0 Å². The van der Waals surface area contributed by atoms with Crippen molar-refractivity contribution in [3.8, 4) is 5.75 Å². The minimum absolute atomic E-state index is 0.0113. The van der Waals surface area contributed by atoms with Crippen LogP contribution in [-0.2, 0) is 25.3 Å². The van der Waals surface area contributed by atoms with Crippen molar-refractivity contribution in [2.24, 2.45) is 11.8 Å². The molecule has 1 heterocycles. The number of benzene rings is 1. The maximum Gasteiger partial charge on any atom is 0.303 e. The maximum absolute atomic E-state index is 11.7. The van der Waals surface area contributed by atoms with Crippen LogP contribution in [-0.4, -0.2) is 37.7 Å². The van der Waals surface area contributed by atoms with Gasteiger partial charge in [-0.05, 0) is 37.0 Å². The van der Waals surface area contributed by atoms with Crippen molar-refractivity contribution in [2.45, 2.75) is 91.7 Å². The van der Waals surface area contributed by atoms with Crippen molar-refractivity contribution in [1.82, 2.24) is 0 Å². The highest BCUT2D eigenvalue weighted by Gasteiger charge is 2.43. The third kappa shape index (κ3) is 6.08. The van der Waals surface area contributed by atoms with E-state index in [1.807, 2.05) is 20.8 Å². The van der Waals surface area contributed by atoms with Crippen LogP contribution in [0.15, 0.2) is 18.2 Å². The molecule has 0 radical (unpaired) electrons. The lowest BCUT2D eigenvalue weighted by atomic mass is 9.84. The molecule has 1 aliphatic rings. The van der Waals surface area contributed by atoms with E-state index in [2.05, 4.69) is 33.9 Å². The van der Waals surface area contributed by atoms with Crippen LogP contribution >= 0.6 is 0 Å². The second kappa shape index (κ2) is 9.89. The summed E-state index contributed by atoms with van der Waals surface area (Å²) in [6.45, 7) is 18.2. The zero-order valence-corrected chi connectivity index (χ0v) is 21.6. The molecule has 180 valence electrons. The van der Waals surface area contributed by atoms with E-state index >= 15 is 0 Å². The molecule has 0 spiro atoms. The predicted molar refractivity (Wildman–Crippen MR) is 124 cm³/mol. The van der Waals surface area contributed by atoms with E-state index in [9.17, 15) is 14.9 Å². The molecule has 1 aromatic rings. The highest BCUT2D eigenvalue weighted by atomic mass is 28.4. The molecular formula is C23H37NO7Si. The first-order valence-electron chi connectivity index (χ1n) is 11.0. The van der Waals surface area contributed by atoms with Crippen molar-refractivity contribution < 1.29 is 28.4 Å². The van der Waals surface area contributed by atoms with E-state index in [0.29, 0.717) is 11.3 Å². The Bertz CT molecular complexity index is 836. The summed E-state index contributed by atoms with van der Waals surface area (Å²) in [6.07, 6.45) is -1.52. The fraction of sp³-hybridized carbons (Fsp3) is 0.696. The number of esters is 1. The van der Waals surface area contributed by atoms with E-state index < -0.39 is 31.6 Å². The summed E-state index contributed by atoms with van der Waals surface area (Å²) in [5.74, 6) is 0.187. The van der Waals surface area contributed by atoms with Gasteiger partial charge in [-0.2, -0.15) is 0 Å². The van der Waals surface area contributed by atoms with Gasteiger partial charge in [-0.25, -0.2) is 0 Å². The van der Waals surface area contributed by atoms with Gasteiger partial charge in [0.15, 0.2) is 14.4 Å². The van der Waals surface area contributed by atoms with Crippen LogP contribution in [0.2, 0.25) is 18.1 Å². The first-order chi connectivity index (χ1) is 14.6. The Morgan fingerprint density at radius 3 is 2.34 bits per heavy atom. The van der Waals surface area contributed by atoms with Gasteiger partial charge in [0.05, 0.1) is 17.6 Å². The van der Waals surface area contributed by atoms with Crippen LogP contribution in [0.5, 0.6) is 5.75 Å². The molecule has 8 nitrogen and oxygen atoms in total. The molecule has 0 amide bonds.